The molecule has 0 bridgehead atoms. The molecule has 1 N–H and O–H groups in total. The molecule has 0 saturated carbocycles. The molecule has 1 fully saturated rings. The van der Waals surface area contributed by atoms with E-state index in [9.17, 15) is 9.59 Å². The Morgan fingerprint density at radius 1 is 1.16 bits per heavy atom. The van der Waals surface area contributed by atoms with Crippen LogP contribution in [0.4, 0.5) is 5.82 Å². The number of carbonyl (C=O) groups is 2. The van der Waals surface area contributed by atoms with Crippen LogP contribution in [0.5, 0.6) is 0 Å². The zero-order valence-electron chi connectivity index (χ0n) is 16.9. The van der Waals surface area contributed by atoms with Crippen LogP contribution in [-0.4, -0.2) is 59.9 Å². The first-order chi connectivity index (χ1) is 15.1. The fourth-order valence-electron chi connectivity index (χ4n) is 3.82. The number of thioether (sulfide) groups is 1. The largest absolute Gasteiger partial charge is 0.360 e. The summed E-state index contributed by atoms with van der Waals surface area (Å²) in [6.07, 6.45) is 2.10. The van der Waals surface area contributed by atoms with Crippen molar-refractivity contribution in [3.63, 3.8) is 0 Å². The van der Waals surface area contributed by atoms with Gasteiger partial charge in [-0.05, 0) is 31.9 Å². The summed E-state index contributed by atoms with van der Waals surface area (Å²) in [5.41, 5.74) is 1.80. The van der Waals surface area contributed by atoms with E-state index in [2.05, 4.69) is 20.7 Å². The second-order valence-electron chi connectivity index (χ2n) is 7.44. The van der Waals surface area contributed by atoms with E-state index in [0.29, 0.717) is 22.5 Å². The van der Waals surface area contributed by atoms with Crippen LogP contribution in [0.25, 0.3) is 16.8 Å². The molecule has 4 aromatic rings. The second kappa shape index (κ2) is 8.06. The van der Waals surface area contributed by atoms with Crippen LogP contribution >= 0.6 is 11.8 Å². The molecule has 0 unspecified atom stereocenters. The van der Waals surface area contributed by atoms with Gasteiger partial charge < -0.3 is 14.7 Å². The summed E-state index contributed by atoms with van der Waals surface area (Å²) in [7, 11) is 0. The normalized spacial score (nSPS) is 14.0. The van der Waals surface area contributed by atoms with Crippen molar-refractivity contribution < 1.29 is 14.1 Å². The molecule has 10 nitrogen and oxygen atoms in total. The summed E-state index contributed by atoms with van der Waals surface area (Å²) in [6.45, 7) is 3.59. The number of carbonyl (C=O) groups excluding carboxylic acids is 2. The molecule has 3 aromatic heterocycles. The Kier molecular flexibility index (Phi) is 5.10. The number of likely N-dealkylation sites (tertiary alicyclic amines) is 1. The van der Waals surface area contributed by atoms with Crippen LogP contribution < -0.4 is 5.32 Å². The van der Waals surface area contributed by atoms with Gasteiger partial charge in [0.15, 0.2) is 11.0 Å². The summed E-state index contributed by atoms with van der Waals surface area (Å²) in [5.74, 6) is 1.59. The maximum atomic E-state index is 12.8. The van der Waals surface area contributed by atoms with E-state index in [0.717, 1.165) is 37.0 Å². The Bertz CT molecular complexity index is 1270. The molecular weight excluding hydrogens is 418 g/mol. The molecule has 2 amide bonds. The first-order valence-corrected chi connectivity index (χ1v) is 11.0. The third-order valence-corrected chi connectivity index (χ3v) is 6.18. The fraction of sp³-hybridized carbons (Fsp3) is 0.350. The van der Waals surface area contributed by atoms with Crippen molar-refractivity contribution in [2.45, 2.75) is 31.5 Å². The number of aryl methyl sites for hydroxylation is 1. The molecule has 1 saturated heterocycles. The number of rotatable bonds is 6. The van der Waals surface area contributed by atoms with Gasteiger partial charge in [0.1, 0.15) is 12.3 Å². The zero-order valence-corrected chi connectivity index (χ0v) is 17.8. The lowest BCUT2D eigenvalue weighted by Crippen LogP contribution is -2.31. The predicted octanol–water partition coefficient (Wildman–Crippen LogP) is 2.33. The van der Waals surface area contributed by atoms with Gasteiger partial charge >= 0.3 is 0 Å². The number of amides is 2. The highest BCUT2D eigenvalue weighted by Crippen LogP contribution is 2.26. The molecule has 1 aromatic carbocycles. The summed E-state index contributed by atoms with van der Waals surface area (Å²) in [6, 6.07) is 9.46. The Labute approximate surface area is 181 Å². The SMILES string of the molecule is Cc1cc(NC(=O)CSc2nnc3n(CC(=O)N4CCCC4)c4ccccc4n23)no1. The van der Waals surface area contributed by atoms with Gasteiger partial charge in [-0.25, -0.2) is 0 Å². The average Bonchev–Trinajstić information content (AvgIpc) is 3.54. The minimum Gasteiger partial charge on any atom is -0.360 e. The lowest BCUT2D eigenvalue weighted by atomic mass is 10.3. The molecule has 0 aliphatic carbocycles. The third kappa shape index (κ3) is 3.76. The quantitative estimate of drug-likeness (QED) is 0.459. The number of imidazole rings is 1. The van der Waals surface area contributed by atoms with Gasteiger partial charge in [-0.3, -0.25) is 18.6 Å². The molecule has 0 spiro atoms. The van der Waals surface area contributed by atoms with Crippen molar-refractivity contribution in [1.82, 2.24) is 29.2 Å². The topological polar surface area (TPSA) is 111 Å². The van der Waals surface area contributed by atoms with Gasteiger partial charge in [-0.15, -0.1) is 10.2 Å². The molecule has 0 radical (unpaired) electrons. The number of nitrogens with one attached hydrogen (secondary N) is 1. The minimum atomic E-state index is -0.219. The van der Waals surface area contributed by atoms with E-state index in [4.69, 9.17) is 4.52 Å². The van der Waals surface area contributed by atoms with Gasteiger partial charge in [0.2, 0.25) is 17.6 Å². The summed E-state index contributed by atoms with van der Waals surface area (Å²) in [5, 5.41) is 15.6. The number of fused-ring (bicyclic) bond motifs is 3. The van der Waals surface area contributed by atoms with E-state index < -0.39 is 0 Å². The number of benzene rings is 1. The number of anilines is 1. The third-order valence-electron chi connectivity index (χ3n) is 5.25. The molecule has 4 heterocycles. The molecule has 11 heteroatoms. The molecule has 1 aliphatic heterocycles. The zero-order chi connectivity index (χ0) is 21.4. The van der Waals surface area contributed by atoms with Gasteiger partial charge in [0.05, 0.1) is 16.8 Å². The maximum Gasteiger partial charge on any atom is 0.242 e. The number of hydrogen-bond donors (Lipinski definition) is 1. The summed E-state index contributed by atoms with van der Waals surface area (Å²) < 4.78 is 8.75. The van der Waals surface area contributed by atoms with Gasteiger partial charge in [-0.1, -0.05) is 29.1 Å². The Balaban J connectivity index is 1.40. The smallest absolute Gasteiger partial charge is 0.242 e. The predicted molar refractivity (Wildman–Crippen MR) is 115 cm³/mol. The number of hydrogen-bond acceptors (Lipinski definition) is 7. The van der Waals surface area contributed by atoms with Crippen molar-refractivity contribution in [2.24, 2.45) is 0 Å². The second-order valence-corrected chi connectivity index (χ2v) is 8.38. The van der Waals surface area contributed by atoms with Crippen molar-refractivity contribution >= 4 is 46.2 Å². The maximum absolute atomic E-state index is 12.8. The summed E-state index contributed by atoms with van der Waals surface area (Å²) >= 11 is 1.27. The highest BCUT2D eigenvalue weighted by molar-refractivity contribution is 7.99. The molecule has 0 atom stereocenters. The molecule has 160 valence electrons. The number of nitrogens with zero attached hydrogens (tertiary/aromatic N) is 6. The number of para-hydroxylation sites is 2. The van der Waals surface area contributed by atoms with Gasteiger partial charge in [0, 0.05) is 19.2 Å². The lowest BCUT2D eigenvalue weighted by molar-refractivity contribution is -0.130. The monoisotopic (exact) mass is 439 g/mol. The Hall–Kier alpha value is -3.34. The van der Waals surface area contributed by atoms with E-state index in [1.807, 2.05) is 38.1 Å². The molecule has 1 aliphatic rings. The number of aromatic nitrogens is 5. The van der Waals surface area contributed by atoms with Crippen molar-refractivity contribution in [3.05, 3.63) is 36.1 Å². The Morgan fingerprint density at radius 2 is 1.94 bits per heavy atom. The first-order valence-electron chi connectivity index (χ1n) is 10.1. The van der Waals surface area contributed by atoms with Crippen LogP contribution in [0, 0.1) is 6.92 Å². The average molecular weight is 440 g/mol. The van der Waals surface area contributed by atoms with E-state index >= 15 is 0 Å². The van der Waals surface area contributed by atoms with Crippen LogP contribution in [0.15, 0.2) is 40.0 Å². The van der Waals surface area contributed by atoms with E-state index in [1.54, 1.807) is 13.0 Å². The van der Waals surface area contributed by atoms with Crippen LogP contribution in [0.1, 0.15) is 18.6 Å². The van der Waals surface area contributed by atoms with Crippen molar-refractivity contribution in [2.75, 3.05) is 24.2 Å². The summed E-state index contributed by atoms with van der Waals surface area (Å²) in [4.78, 5) is 27.0. The molecule has 5 rings (SSSR count). The van der Waals surface area contributed by atoms with Crippen molar-refractivity contribution in [3.8, 4) is 0 Å². The highest BCUT2D eigenvalue weighted by atomic mass is 32.2. The van der Waals surface area contributed by atoms with Crippen LogP contribution in [0.2, 0.25) is 0 Å². The fourth-order valence-corrected chi connectivity index (χ4v) is 4.56. The standard InChI is InChI=1S/C20H21N7O3S/c1-13-10-16(24-30-13)21-17(28)12-31-20-23-22-19-26(11-18(29)25-8-4-5-9-25)14-6-2-3-7-15(14)27(19)20/h2-3,6-7,10H,4-5,8-9,11-12H2,1H3,(H,21,24,28). The van der Waals surface area contributed by atoms with Crippen molar-refractivity contribution in [1.29, 1.82) is 0 Å². The molecule has 31 heavy (non-hydrogen) atoms. The lowest BCUT2D eigenvalue weighted by Gasteiger charge is -2.15. The molecular formula is C20H21N7O3S. The Morgan fingerprint density at radius 3 is 2.68 bits per heavy atom. The minimum absolute atomic E-state index is 0.0836. The first kappa shape index (κ1) is 19.6. The van der Waals surface area contributed by atoms with Gasteiger partial charge in [0.25, 0.3) is 0 Å². The van der Waals surface area contributed by atoms with E-state index in [-0.39, 0.29) is 24.1 Å². The highest BCUT2D eigenvalue weighted by Gasteiger charge is 2.23. The van der Waals surface area contributed by atoms with E-state index in [1.165, 1.54) is 11.8 Å². The van der Waals surface area contributed by atoms with Crippen LogP contribution in [-0.2, 0) is 16.1 Å². The van der Waals surface area contributed by atoms with Crippen LogP contribution in [0.3, 0.4) is 0 Å². The van der Waals surface area contributed by atoms with Gasteiger partial charge in [-0.2, -0.15) is 0 Å².